The predicted octanol–water partition coefficient (Wildman–Crippen LogP) is 2.99. The van der Waals surface area contributed by atoms with Crippen molar-refractivity contribution in [3.8, 4) is 0 Å². The van der Waals surface area contributed by atoms with Crippen LogP contribution < -0.4 is 10.2 Å². The lowest BCUT2D eigenvalue weighted by molar-refractivity contribution is 0.409. The van der Waals surface area contributed by atoms with Crippen LogP contribution in [-0.2, 0) is 0 Å². The van der Waals surface area contributed by atoms with Crippen molar-refractivity contribution in [2.75, 3.05) is 45.7 Å². The largest absolute Gasteiger partial charge is 0.370 e. The second-order valence-corrected chi connectivity index (χ2v) is 6.25. The summed E-state index contributed by atoms with van der Waals surface area (Å²) in [6.07, 6.45) is 0. The van der Waals surface area contributed by atoms with Crippen molar-refractivity contribution < 1.29 is 0 Å². The van der Waals surface area contributed by atoms with Crippen LogP contribution in [0.3, 0.4) is 0 Å². The molecule has 0 spiro atoms. The van der Waals surface area contributed by atoms with Crippen LogP contribution in [-0.4, -0.2) is 45.7 Å². The molecule has 1 aromatic rings. The van der Waals surface area contributed by atoms with Crippen molar-refractivity contribution in [2.45, 2.75) is 26.8 Å². The van der Waals surface area contributed by atoms with Gasteiger partial charge in [0.15, 0.2) is 0 Å². The topological polar surface area (TPSA) is 18.5 Å². The summed E-state index contributed by atoms with van der Waals surface area (Å²) < 4.78 is 0. The molecule has 0 aliphatic rings. The van der Waals surface area contributed by atoms with Gasteiger partial charge in [0.1, 0.15) is 0 Å². The Morgan fingerprint density at radius 3 is 2.05 bits per heavy atom. The van der Waals surface area contributed by atoms with E-state index in [2.05, 4.69) is 74.2 Å². The lowest BCUT2D eigenvalue weighted by atomic mass is 10.1. The number of rotatable bonds is 8. The number of nitrogens with zero attached hydrogens (tertiary/aromatic N) is 2. The molecule has 0 fully saturated rings. The molecular weight excluding hydrogens is 246 g/mol. The summed E-state index contributed by atoms with van der Waals surface area (Å²) in [6, 6.07) is 9.38. The Balaban J connectivity index is 2.79. The molecule has 114 valence electrons. The summed E-state index contributed by atoms with van der Waals surface area (Å²) >= 11 is 0. The van der Waals surface area contributed by atoms with Gasteiger partial charge in [0, 0.05) is 31.4 Å². The molecule has 0 amide bonds. The number of hydrogen-bond donors (Lipinski definition) is 1. The highest BCUT2D eigenvalue weighted by atomic mass is 15.2. The first kappa shape index (κ1) is 17.0. The van der Waals surface area contributed by atoms with E-state index < -0.39 is 0 Å². The van der Waals surface area contributed by atoms with Crippen molar-refractivity contribution >= 4 is 5.69 Å². The molecule has 0 aliphatic carbocycles. The number of anilines is 1. The van der Waals surface area contributed by atoms with Crippen LogP contribution in [0.2, 0.25) is 0 Å². The molecule has 0 heterocycles. The third kappa shape index (κ3) is 5.51. The van der Waals surface area contributed by atoms with Gasteiger partial charge in [0.25, 0.3) is 0 Å². The van der Waals surface area contributed by atoms with Crippen LogP contribution in [0, 0.1) is 5.92 Å². The Bertz CT molecular complexity index is 370. The summed E-state index contributed by atoms with van der Waals surface area (Å²) in [5, 5.41) is 3.28. The van der Waals surface area contributed by atoms with Crippen LogP contribution in [0.4, 0.5) is 5.69 Å². The second-order valence-electron chi connectivity index (χ2n) is 6.25. The average molecular weight is 277 g/mol. The van der Waals surface area contributed by atoms with E-state index in [0.717, 1.165) is 19.6 Å². The molecule has 0 radical (unpaired) electrons. The molecule has 0 saturated carbocycles. The van der Waals surface area contributed by atoms with E-state index in [1.807, 2.05) is 7.05 Å². The Morgan fingerprint density at radius 1 is 1.00 bits per heavy atom. The Hall–Kier alpha value is -1.06. The minimum atomic E-state index is 0.407. The van der Waals surface area contributed by atoms with Crippen molar-refractivity contribution in [1.29, 1.82) is 0 Å². The van der Waals surface area contributed by atoms with Gasteiger partial charge in [-0.1, -0.05) is 26.0 Å². The van der Waals surface area contributed by atoms with Gasteiger partial charge in [0.05, 0.1) is 0 Å². The molecule has 1 N–H and O–H groups in total. The molecule has 1 aromatic carbocycles. The zero-order valence-electron chi connectivity index (χ0n) is 14.0. The van der Waals surface area contributed by atoms with Crippen molar-refractivity contribution in [1.82, 2.24) is 10.2 Å². The molecule has 0 bridgehead atoms. The van der Waals surface area contributed by atoms with E-state index in [0.29, 0.717) is 12.0 Å². The molecule has 20 heavy (non-hydrogen) atoms. The van der Waals surface area contributed by atoms with E-state index in [1.54, 1.807) is 0 Å². The quantitative estimate of drug-likeness (QED) is 0.788. The van der Waals surface area contributed by atoms with Crippen LogP contribution in [0.15, 0.2) is 24.3 Å². The molecule has 1 atom stereocenters. The summed E-state index contributed by atoms with van der Waals surface area (Å²) in [5.74, 6) is 0.674. The van der Waals surface area contributed by atoms with Crippen molar-refractivity contribution in [3.63, 3.8) is 0 Å². The lowest BCUT2D eigenvalue weighted by Gasteiger charge is -2.28. The highest BCUT2D eigenvalue weighted by molar-refractivity contribution is 5.48. The molecule has 3 heteroatoms. The predicted molar refractivity (Wildman–Crippen MR) is 89.5 cm³/mol. The first-order valence-corrected chi connectivity index (χ1v) is 7.61. The van der Waals surface area contributed by atoms with Crippen molar-refractivity contribution in [3.05, 3.63) is 29.8 Å². The van der Waals surface area contributed by atoms with Gasteiger partial charge in [0.2, 0.25) is 0 Å². The molecule has 1 unspecified atom stereocenters. The standard InChI is InChI=1S/C17H31N3/c1-14(2)13-20(12-11-19(5)6)17-9-7-16(8-10-17)15(3)18-4/h7-10,14-15,18H,11-13H2,1-6H3. The van der Waals surface area contributed by atoms with Gasteiger partial charge in [-0.25, -0.2) is 0 Å². The summed E-state index contributed by atoms with van der Waals surface area (Å²) in [6.45, 7) is 10.0. The monoisotopic (exact) mass is 277 g/mol. The van der Waals surface area contributed by atoms with Gasteiger partial charge in [-0.15, -0.1) is 0 Å². The maximum absolute atomic E-state index is 3.28. The minimum absolute atomic E-state index is 0.407. The first-order valence-electron chi connectivity index (χ1n) is 7.61. The molecule has 3 nitrogen and oxygen atoms in total. The molecule has 0 saturated heterocycles. The van der Waals surface area contributed by atoms with Gasteiger partial charge >= 0.3 is 0 Å². The minimum Gasteiger partial charge on any atom is -0.370 e. The van der Waals surface area contributed by atoms with Crippen LogP contribution in [0.25, 0.3) is 0 Å². The second kappa shape index (κ2) is 8.28. The van der Waals surface area contributed by atoms with E-state index in [4.69, 9.17) is 0 Å². The summed E-state index contributed by atoms with van der Waals surface area (Å²) in [7, 11) is 6.26. The van der Waals surface area contributed by atoms with E-state index in [-0.39, 0.29) is 0 Å². The Labute approximate surface area is 125 Å². The highest BCUT2D eigenvalue weighted by Gasteiger charge is 2.10. The summed E-state index contributed by atoms with van der Waals surface area (Å²) in [5.41, 5.74) is 2.67. The average Bonchev–Trinajstić information content (AvgIpc) is 2.42. The summed E-state index contributed by atoms with van der Waals surface area (Å²) in [4.78, 5) is 4.73. The zero-order valence-corrected chi connectivity index (χ0v) is 14.0. The highest BCUT2D eigenvalue weighted by Crippen LogP contribution is 2.20. The Kier molecular flexibility index (Phi) is 7.03. The fraction of sp³-hybridized carbons (Fsp3) is 0.647. The van der Waals surface area contributed by atoms with Crippen LogP contribution in [0.1, 0.15) is 32.4 Å². The number of likely N-dealkylation sites (N-methyl/N-ethyl adjacent to an activating group) is 1. The van der Waals surface area contributed by atoms with Crippen LogP contribution >= 0.6 is 0 Å². The fourth-order valence-corrected chi connectivity index (χ4v) is 2.23. The molecular formula is C17H31N3. The third-order valence-electron chi connectivity index (χ3n) is 3.59. The zero-order chi connectivity index (χ0) is 15.1. The fourth-order valence-electron chi connectivity index (χ4n) is 2.23. The molecule has 0 aromatic heterocycles. The first-order chi connectivity index (χ1) is 9.43. The molecule has 1 rings (SSSR count). The smallest absolute Gasteiger partial charge is 0.0366 e. The van der Waals surface area contributed by atoms with Gasteiger partial charge in [-0.05, 0) is 51.7 Å². The number of nitrogens with one attached hydrogen (secondary N) is 1. The molecule has 0 aliphatic heterocycles. The maximum atomic E-state index is 3.28. The van der Waals surface area contributed by atoms with Gasteiger partial charge < -0.3 is 15.1 Å². The van der Waals surface area contributed by atoms with E-state index in [9.17, 15) is 0 Å². The van der Waals surface area contributed by atoms with E-state index >= 15 is 0 Å². The SMILES string of the molecule is CNC(C)c1ccc(N(CCN(C)C)CC(C)C)cc1. The van der Waals surface area contributed by atoms with Crippen LogP contribution in [0.5, 0.6) is 0 Å². The maximum Gasteiger partial charge on any atom is 0.0366 e. The lowest BCUT2D eigenvalue weighted by Crippen LogP contribution is -2.34. The van der Waals surface area contributed by atoms with Gasteiger partial charge in [-0.2, -0.15) is 0 Å². The van der Waals surface area contributed by atoms with Crippen molar-refractivity contribution in [2.24, 2.45) is 5.92 Å². The van der Waals surface area contributed by atoms with Gasteiger partial charge in [-0.3, -0.25) is 0 Å². The van der Waals surface area contributed by atoms with E-state index in [1.165, 1.54) is 11.3 Å². The third-order valence-corrected chi connectivity index (χ3v) is 3.59. The number of benzene rings is 1. The normalized spacial score (nSPS) is 13.0. The Morgan fingerprint density at radius 2 is 1.60 bits per heavy atom. The number of hydrogen-bond acceptors (Lipinski definition) is 3.